The average Bonchev–Trinajstić information content (AvgIpc) is 3.21. The molecule has 3 aromatic carbocycles. The van der Waals surface area contributed by atoms with E-state index in [4.69, 9.17) is 16.0 Å². The van der Waals surface area contributed by atoms with Crippen molar-refractivity contribution in [3.05, 3.63) is 82.7 Å². The van der Waals surface area contributed by atoms with Gasteiger partial charge in [-0.1, -0.05) is 48.0 Å². The van der Waals surface area contributed by atoms with Crippen LogP contribution in [0, 0.1) is 0 Å². The maximum absolute atomic E-state index is 5.92. The summed E-state index contributed by atoms with van der Waals surface area (Å²) in [5.74, 6) is 1.10. The van der Waals surface area contributed by atoms with E-state index in [1.807, 2.05) is 24.3 Å². The Bertz CT molecular complexity index is 1100. The molecule has 1 aliphatic rings. The van der Waals surface area contributed by atoms with Gasteiger partial charge in [-0.25, -0.2) is 0 Å². The summed E-state index contributed by atoms with van der Waals surface area (Å²) in [6, 6.07) is 20.6. The van der Waals surface area contributed by atoms with Gasteiger partial charge >= 0.3 is 0 Å². The van der Waals surface area contributed by atoms with E-state index >= 15 is 0 Å². The summed E-state index contributed by atoms with van der Waals surface area (Å²) in [6.45, 7) is 4.34. The largest absolute Gasteiger partial charge is 0.419 e. The van der Waals surface area contributed by atoms with Gasteiger partial charge in [-0.2, -0.15) is 0 Å². The van der Waals surface area contributed by atoms with Crippen LogP contribution in [0.5, 0.6) is 0 Å². The Morgan fingerprint density at radius 2 is 1.66 bits per heavy atom. The molecule has 146 valence electrons. The second kappa shape index (κ2) is 7.95. The van der Waals surface area contributed by atoms with Crippen molar-refractivity contribution in [1.29, 1.82) is 0 Å². The lowest BCUT2D eigenvalue weighted by atomic mass is 9.95. The van der Waals surface area contributed by atoms with E-state index < -0.39 is 0 Å². The molecule has 1 aliphatic heterocycles. The highest BCUT2D eigenvalue weighted by molar-refractivity contribution is 6.30. The van der Waals surface area contributed by atoms with Crippen LogP contribution in [-0.4, -0.2) is 28.2 Å². The number of hydrogen-bond donors (Lipinski definition) is 1. The normalized spacial score (nSPS) is 13.8. The van der Waals surface area contributed by atoms with E-state index in [0.29, 0.717) is 23.3 Å². The summed E-state index contributed by atoms with van der Waals surface area (Å²) in [6.07, 6.45) is 0. The Morgan fingerprint density at radius 3 is 2.38 bits per heavy atom. The number of rotatable bonds is 6. The third-order valence-corrected chi connectivity index (χ3v) is 5.56. The Balaban J connectivity index is 1.15. The Labute approximate surface area is 174 Å². The monoisotopic (exact) mass is 404 g/mol. The average molecular weight is 405 g/mol. The molecule has 2 heterocycles. The molecule has 0 aliphatic carbocycles. The molecule has 0 radical (unpaired) electrons. The zero-order valence-corrected chi connectivity index (χ0v) is 16.7. The van der Waals surface area contributed by atoms with Gasteiger partial charge in [0, 0.05) is 36.8 Å². The van der Waals surface area contributed by atoms with Crippen LogP contribution in [0.1, 0.15) is 17.0 Å². The van der Waals surface area contributed by atoms with Crippen molar-refractivity contribution in [2.24, 2.45) is 0 Å². The highest BCUT2D eigenvalue weighted by atomic mass is 35.5. The molecule has 0 saturated carbocycles. The summed E-state index contributed by atoms with van der Waals surface area (Å²) < 4.78 is 5.75. The summed E-state index contributed by atoms with van der Waals surface area (Å²) in [7, 11) is 0. The zero-order chi connectivity index (χ0) is 19.6. The van der Waals surface area contributed by atoms with Gasteiger partial charge < -0.3 is 9.73 Å². The SMILES string of the molecule is Clc1ccc(-c2nnc(CNCCN3Cc4cccc5cccc(c45)C3)o2)cc1. The highest BCUT2D eigenvalue weighted by Crippen LogP contribution is 2.29. The van der Waals surface area contributed by atoms with E-state index in [1.165, 1.54) is 21.9 Å². The molecule has 0 spiro atoms. The summed E-state index contributed by atoms with van der Waals surface area (Å²) in [4.78, 5) is 2.47. The van der Waals surface area contributed by atoms with Crippen LogP contribution in [0.3, 0.4) is 0 Å². The number of halogens is 1. The Hall–Kier alpha value is -2.73. The molecule has 0 saturated heterocycles. The van der Waals surface area contributed by atoms with E-state index in [2.05, 4.69) is 56.8 Å². The minimum atomic E-state index is 0.513. The number of benzene rings is 3. The van der Waals surface area contributed by atoms with Crippen LogP contribution in [0.15, 0.2) is 65.1 Å². The van der Waals surface area contributed by atoms with E-state index in [-0.39, 0.29) is 0 Å². The Kier molecular flexibility index (Phi) is 5.02. The predicted octanol–water partition coefficient (Wildman–Crippen LogP) is 4.65. The fourth-order valence-electron chi connectivity index (χ4n) is 3.93. The van der Waals surface area contributed by atoms with Crippen LogP contribution in [0.2, 0.25) is 5.02 Å². The van der Waals surface area contributed by atoms with Crippen LogP contribution < -0.4 is 5.32 Å². The van der Waals surface area contributed by atoms with Crippen molar-refractivity contribution in [3.8, 4) is 11.5 Å². The fourth-order valence-corrected chi connectivity index (χ4v) is 4.05. The van der Waals surface area contributed by atoms with Crippen molar-refractivity contribution >= 4 is 22.4 Å². The maximum atomic E-state index is 5.92. The first-order valence-corrected chi connectivity index (χ1v) is 10.1. The molecule has 5 nitrogen and oxygen atoms in total. The molecule has 29 heavy (non-hydrogen) atoms. The number of nitrogens with one attached hydrogen (secondary N) is 1. The molecule has 4 aromatic rings. The summed E-state index contributed by atoms with van der Waals surface area (Å²) in [5.41, 5.74) is 3.69. The third-order valence-electron chi connectivity index (χ3n) is 5.30. The summed E-state index contributed by atoms with van der Waals surface area (Å²) >= 11 is 5.92. The molecular weight excluding hydrogens is 384 g/mol. The first-order chi connectivity index (χ1) is 14.3. The molecule has 0 amide bonds. The molecule has 5 rings (SSSR count). The number of aromatic nitrogens is 2. The van der Waals surface area contributed by atoms with Crippen molar-refractivity contribution in [1.82, 2.24) is 20.4 Å². The van der Waals surface area contributed by atoms with Crippen LogP contribution in [0.25, 0.3) is 22.2 Å². The van der Waals surface area contributed by atoms with Gasteiger partial charge in [-0.15, -0.1) is 10.2 Å². The van der Waals surface area contributed by atoms with Crippen molar-refractivity contribution in [2.75, 3.05) is 13.1 Å². The molecule has 0 fully saturated rings. The first-order valence-electron chi connectivity index (χ1n) is 9.77. The van der Waals surface area contributed by atoms with Crippen LogP contribution in [-0.2, 0) is 19.6 Å². The molecule has 0 bridgehead atoms. The van der Waals surface area contributed by atoms with Gasteiger partial charge in [-0.05, 0) is 46.2 Å². The highest BCUT2D eigenvalue weighted by Gasteiger charge is 2.17. The smallest absolute Gasteiger partial charge is 0.247 e. The second-order valence-electron chi connectivity index (χ2n) is 7.33. The van der Waals surface area contributed by atoms with Crippen molar-refractivity contribution < 1.29 is 4.42 Å². The zero-order valence-electron chi connectivity index (χ0n) is 15.9. The van der Waals surface area contributed by atoms with Gasteiger partial charge in [0.25, 0.3) is 0 Å². The maximum Gasteiger partial charge on any atom is 0.247 e. The fraction of sp³-hybridized carbons (Fsp3) is 0.217. The van der Waals surface area contributed by atoms with Gasteiger partial charge in [0.1, 0.15) is 0 Å². The molecule has 0 atom stereocenters. The van der Waals surface area contributed by atoms with Gasteiger partial charge in [0.05, 0.1) is 6.54 Å². The lowest BCUT2D eigenvalue weighted by Crippen LogP contribution is -2.33. The van der Waals surface area contributed by atoms with Gasteiger partial charge in [0.2, 0.25) is 11.8 Å². The predicted molar refractivity (Wildman–Crippen MR) is 115 cm³/mol. The lowest BCUT2D eigenvalue weighted by molar-refractivity contribution is 0.251. The van der Waals surface area contributed by atoms with Crippen molar-refractivity contribution in [2.45, 2.75) is 19.6 Å². The van der Waals surface area contributed by atoms with E-state index in [1.54, 1.807) is 0 Å². The van der Waals surface area contributed by atoms with Gasteiger partial charge in [0.15, 0.2) is 0 Å². The molecule has 1 N–H and O–H groups in total. The second-order valence-corrected chi connectivity index (χ2v) is 7.76. The Morgan fingerprint density at radius 1 is 0.931 bits per heavy atom. The number of nitrogens with zero attached hydrogens (tertiary/aromatic N) is 3. The standard InChI is InChI=1S/C23H21ClN4O/c24-20-9-7-17(8-10-20)23-27-26-21(29-23)13-25-11-12-28-14-18-5-1-3-16-4-2-6-19(15-28)22(16)18/h1-10,25H,11-15H2. The van der Waals surface area contributed by atoms with Crippen LogP contribution in [0.4, 0.5) is 0 Å². The summed E-state index contributed by atoms with van der Waals surface area (Å²) in [5, 5.41) is 15.1. The molecular formula is C23H21ClN4O. The van der Waals surface area contributed by atoms with Gasteiger partial charge in [-0.3, -0.25) is 4.90 Å². The third kappa shape index (κ3) is 3.90. The van der Waals surface area contributed by atoms with E-state index in [9.17, 15) is 0 Å². The van der Waals surface area contributed by atoms with Crippen molar-refractivity contribution in [3.63, 3.8) is 0 Å². The molecule has 1 aromatic heterocycles. The lowest BCUT2D eigenvalue weighted by Gasteiger charge is -2.29. The molecule has 6 heteroatoms. The topological polar surface area (TPSA) is 54.2 Å². The quantitative estimate of drug-likeness (QED) is 0.474. The first kappa shape index (κ1) is 18.3. The number of hydrogen-bond acceptors (Lipinski definition) is 5. The molecule has 0 unspecified atom stereocenters. The minimum Gasteiger partial charge on any atom is -0.419 e. The van der Waals surface area contributed by atoms with E-state index in [0.717, 1.165) is 31.7 Å². The minimum absolute atomic E-state index is 0.513. The van der Waals surface area contributed by atoms with Crippen LogP contribution >= 0.6 is 11.6 Å².